The van der Waals surface area contributed by atoms with Gasteiger partial charge in [0.15, 0.2) is 5.58 Å². The summed E-state index contributed by atoms with van der Waals surface area (Å²) < 4.78 is 36.1. The number of aliphatic hydroxyl groups excluding tert-OH is 1. The summed E-state index contributed by atoms with van der Waals surface area (Å²) in [5.41, 5.74) is 7.47. The zero-order valence-corrected chi connectivity index (χ0v) is 44.9. The van der Waals surface area contributed by atoms with E-state index in [0.717, 1.165) is 33.5 Å². The predicted molar refractivity (Wildman–Crippen MR) is 290 cm³/mol. The number of amides is 3. The van der Waals surface area contributed by atoms with Crippen LogP contribution in [0, 0.1) is 12.8 Å². The summed E-state index contributed by atoms with van der Waals surface area (Å²) in [6.45, 7) is 8.74. The van der Waals surface area contributed by atoms with E-state index in [1.165, 1.54) is 46.3 Å². The molecule has 3 amide bonds. The molecule has 0 saturated carbocycles. The van der Waals surface area contributed by atoms with Crippen LogP contribution in [0.15, 0.2) is 106 Å². The largest absolute Gasteiger partial charge is 0.491 e. The van der Waals surface area contributed by atoms with Gasteiger partial charge in [-0.2, -0.15) is 5.10 Å². The van der Waals surface area contributed by atoms with Crippen molar-refractivity contribution in [3.63, 3.8) is 0 Å². The normalized spacial score (nSPS) is 14.7. The summed E-state index contributed by atoms with van der Waals surface area (Å²) in [7, 11) is 3.37. The maximum Gasteiger partial charge on any atom is 0.274 e. The molecule has 22 heteroatoms. The molecule has 0 aliphatic carbocycles. The number of hydrogen-bond acceptors (Lipinski definition) is 18. The molecule has 21 nitrogen and oxygen atoms in total. The van der Waals surface area contributed by atoms with E-state index in [1.54, 1.807) is 48.0 Å². The van der Waals surface area contributed by atoms with Gasteiger partial charge in [0.25, 0.3) is 11.5 Å². The number of aliphatic hydroxyl groups is 1. The molecule has 3 N–H and O–H groups in total. The molecule has 3 aromatic carbocycles. The first-order valence-corrected chi connectivity index (χ1v) is 26.4. The zero-order valence-electron chi connectivity index (χ0n) is 44.1. The van der Waals surface area contributed by atoms with Gasteiger partial charge in [-0.25, -0.2) is 19.6 Å². The fourth-order valence-electron chi connectivity index (χ4n) is 8.97. The molecule has 1 aliphatic rings. The Labute approximate surface area is 454 Å². The number of aryl methyl sites for hydroxylation is 2. The van der Waals surface area contributed by atoms with Crippen LogP contribution in [0.4, 0.5) is 5.69 Å². The highest BCUT2D eigenvalue weighted by Gasteiger charge is 2.43. The summed E-state index contributed by atoms with van der Waals surface area (Å²) in [5.74, 6) is 0.0846. The smallest absolute Gasteiger partial charge is 0.274 e. The first kappa shape index (κ1) is 56.5. The van der Waals surface area contributed by atoms with Gasteiger partial charge in [0, 0.05) is 56.0 Å². The third-order valence-electron chi connectivity index (χ3n) is 12.9. The summed E-state index contributed by atoms with van der Waals surface area (Å²) >= 11 is 1.52. The number of carbonyl (C=O) groups excluding carboxylic acids is 4. The second-order valence-electron chi connectivity index (χ2n) is 18.9. The topological polar surface area (TPSA) is 252 Å². The third-order valence-corrected chi connectivity index (χ3v) is 13.9. The molecule has 4 aromatic heterocycles. The molecule has 5 heterocycles. The number of oxazole rings is 1. The van der Waals surface area contributed by atoms with Crippen molar-refractivity contribution in [1.29, 1.82) is 0 Å². The fraction of sp³-hybridized carbons (Fsp3) is 0.375. The van der Waals surface area contributed by atoms with E-state index < -0.39 is 24.1 Å². The van der Waals surface area contributed by atoms with E-state index in [9.17, 15) is 29.1 Å². The summed E-state index contributed by atoms with van der Waals surface area (Å²) in [5, 5.41) is 20.7. The van der Waals surface area contributed by atoms with Gasteiger partial charge < -0.3 is 48.7 Å². The predicted octanol–water partition coefficient (Wildman–Crippen LogP) is 5.72. The van der Waals surface area contributed by atoms with Gasteiger partial charge >= 0.3 is 0 Å². The minimum absolute atomic E-state index is 0.0316. The van der Waals surface area contributed by atoms with Crippen LogP contribution in [-0.4, -0.2) is 148 Å². The zero-order chi connectivity index (χ0) is 55.1. The lowest BCUT2D eigenvalue weighted by Gasteiger charge is -2.35. The van der Waals surface area contributed by atoms with E-state index in [4.69, 9.17) is 28.1 Å². The minimum Gasteiger partial charge on any atom is -0.491 e. The Balaban J connectivity index is 0.726. The number of pyridine rings is 1. The van der Waals surface area contributed by atoms with Crippen molar-refractivity contribution < 1.29 is 52.4 Å². The van der Waals surface area contributed by atoms with Crippen LogP contribution in [0.5, 0.6) is 11.5 Å². The number of likely N-dealkylation sites (N-methyl/N-ethyl adjacent to an activating group) is 1. The van der Waals surface area contributed by atoms with Crippen LogP contribution in [0.2, 0.25) is 0 Å². The van der Waals surface area contributed by atoms with Crippen molar-refractivity contribution in [2.45, 2.75) is 58.5 Å². The third kappa shape index (κ3) is 14.6. The average molecular weight is 1090 g/mol. The number of nitrogens with zero attached hydrogens (tertiary/aromatic N) is 7. The molecular weight excluding hydrogens is 1020 g/mol. The maximum atomic E-state index is 14.2. The summed E-state index contributed by atoms with van der Waals surface area (Å²) in [4.78, 5) is 82.0. The van der Waals surface area contributed by atoms with Crippen molar-refractivity contribution in [2.24, 2.45) is 13.0 Å². The van der Waals surface area contributed by atoms with Crippen molar-refractivity contribution in [2.75, 3.05) is 71.8 Å². The lowest BCUT2D eigenvalue weighted by molar-refractivity contribution is -0.144. The average Bonchev–Trinajstić information content (AvgIpc) is 4.18. The van der Waals surface area contributed by atoms with E-state index in [2.05, 4.69) is 30.7 Å². The van der Waals surface area contributed by atoms with Gasteiger partial charge in [-0.05, 0) is 73.5 Å². The molecule has 0 unspecified atom stereocenters. The number of thiazole rings is 1. The van der Waals surface area contributed by atoms with E-state index in [1.807, 2.05) is 63.1 Å². The quantitative estimate of drug-likeness (QED) is 0.0411. The molecule has 7 aromatic rings. The number of ether oxygens (including phenoxy) is 5. The summed E-state index contributed by atoms with van der Waals surface area (Å²) in [6.07, 6.45) is 1.51. The van der Waals surface area contributed by atoms with Crippen molar-refractivity contribution >= 4 is 52.1 Å². The molecule has 8 rings (SSSR count). The maximum absolute atomic E-state index is 14.2. The van der Waals surface area contributed by atoms with E-state index in [-0.39, 0.29) is 74.2 Å². The van der Waals surface area contributed by atoms with Gasteiger partial charge in [-0.15, -0.1) is 11.3 Å². The molecule has 1 aliphatic heterocycles. The molecule has 1 saturated heterocycles. The van der Waals surface area contributed by atoms with Gasteiger partial charge in [0.05, 0.1) is 74.1 Å². The van der Waals surface area contributed by atoms with Crippen LogP contribution in [0.3, 0.4) is 0 Å². The van der Waals surface area contributed by atoms with Crippen molar-refractivity contribution in [1.82, 2.24) is 39.8 Å². The highest BCUT2D eigenvalue weighted by molar-refractivity contribution is 7.13. The molecule has 0 radical (unpaired) electrons. The molecule has 0 spiro atoms. The van der Waals surface area contributed by atoms with Gasteiger partial charge in [-0.3, -0.25) is 28.9 Å². The number of aldehydes is 1. The number of β-amino-alcohol motifs (C(OH)–C–C–N with tert-alkyl or cyclic N) is 1. The van der Waals surface area contributed by atoms with Crippen molar-refractivity contribution in [3.05, 3.63) is 135 Å². The molecule has 78 heavy (non-hydrogen) atoms. The number of likely N-dealkylation sites (tertiary alicyclic amines) is 1. The Hall–Kier alpha value is -7.73. The van der Waals surface area contributed by atoms with Crippen LogP contribution in [0.1, 0.15) is 57.9 Å². The van der Waals surface area contributed by atoms with Crippen LogP contribution < -0.4 is 25.7 Å². The van der Waals surface area contributed by atoms with Crippen LogP contribution in [0.25, 0.3) is 33.1 Å². The minimum atomic E-state index is -0.879. The Morgan fingerprint density at radius 1 is 0.897 bits per heavy atom. The van der Waals surface area contributed by atoms with Gasteiger partial charge in [-0.1, -0.05) is 50.2 Å². The number of hydrogen-bond donors (Lipinski definition) is 3. The Morgan fingerprint density at radius 2 is 1.64 bits per heavy atom. The van der Waals surface area contributed by atoms with E-state index >= 15 is 0 Å². The standard InChI is InChI=1S/C56H63N9O12S/c1-35(2)51(63(4)31-39-8-6-7-9-40(39)33-66)56(71)65-32-42(67)28-47(65)54(70)58-29-38-11-10-37(52-36(3)59-34-78-52)26-49(38)76-25-23-74-21-19-72-18-20-73-22-24-75-43-13-14-44(57-30-43)53(69)60-41-12-16-48-46(27-41)61-55(77-48)45-15-17-50(68)64(5)62-45/h6-17,26-27,30,33-35,42,47,51,67H,18-25,28-29,31-32H2,1-5H3,(H,58,70)(H,60,69)/t42-,47+,51+/m1/s1. The number of nitrogens with one attached hydrogen (secondary N) is 2. The number of fused-ring (bicyclic) bond motifs is 1. The highest BCUT2D eigenvalue weighted by atomic mass is 32.1. The monoisotopic (exact) mass is 1090 g/mol. The number of aromatic nitrogens is 5. The fourth-order valence-corrected chi connectivity index (χ4v) is 9.77. The number of rotatable bonds is 27. The van der Waals surface area contributed by atoms with Gasteiger partial charge in [0.1, 0.15) is 53.9 Å². The molecule has 1 fully saturated rings. The first-order chi connectivity index (χ1) is 37.8. The number of carbonyl (C=O) groups is 4. The highest BCUT2D eigenvalue weighted by Crippen LogP contribution is 2.33. The Bertz CT molecular complexity index is 3240. The van der Waals surface area contributed by atoms with Gasteiger partial charge in [0.2, 0.25) is 17.7 Å². The molecule has 0 bridgehead atoms. The van der Waals surface area contributed by atoms with Crippen molar-refractivity contribution in [3.8, 4) is 33.5 Å². The number of anilines is 1. The second-order valence-corrected chi connectivity index (χ2v) is 19.7. The second kappa shape index (κ2) is 27.0. The van der Waals surface area contributed by atoms with Crippen LogP contribution in [-0.2, 0) is 43.9 Å². The Morgan fingerprint density at radius 3 is 2.33 bits per heavy atom. The SMILES string of the molecule is Cc1ncsc1-c1ccc(CNC(=O)[C@@H]2C[C@@H](O)CN2C(=O)[C@H](C(C)C)N(C)Cc2ccccc2C=O)c(OCCOCCOCCOCCOc2ccc(C(=O)Nc3ccc4oc(-c5ccc(=O)n(C)n5)nc4c3)nc2)c1. The lowest BCUT2D eigenvalue weighted by atomic mass is 9.99. The number of benzene rings is 3. The summed E-state index contributed by atoms with van der Waals surface area (Å²) in [6, 6.07) is 22.7. The molecule has 3 atom stereocenters. The first-order valence-electron chi connectivity index (χ1n) is 25.5. The molecular formula is C56H63N9O12S. The van der Waals surface area contributed by atoms with Crippen LogP contribution >= 0.6 is 11.3 Å². The lowest BCUT2D eigenvalue weighted by Crippen LogP contribution is -2.54. The Kier molecular flexibility index (Phi) is 19.6. The molecule has 410 valence electrons. The van der Waals surface area contributed by atoms with E-state index in [0.29, 0.717) is 79.1 Å².